The number of piperidine rings is 1. The second kappa shape index (κ2) is 8.25. The minimum Gasteiger partial charge on any atom is -0.378 e. The van der Waals surface area contributed by atoms with Crippen LogP contribution in [0.1, 0.15) is 29.6 Å². The number of carbonyl (C=O) groups is 2. The lowest BCUT2D eigenvalue weighted by Gasteiger charge is -2.35. The molecule has 0 saturated carbocycles. The SMILES string of the molecule is CN(C)c1ccc(C(=O)NCC2CCCN(C(=O)C3(F)CCOC3)C2)cc1. The quantitative estimate of drug-likeness (QED) is 0.851. The van der Waals surface area contributed by atoms with Crippen molar-refractivity contribution in [3.63, 3.8) is 0 Å². The number of amides is 2. The first-order valence-corrected chi connectivity index (χ1v) is 9.51. The van der Waals surface area contributed by atoms with Crippen LogP contribution in [0.15, 0.2) is 24.3 Å². The van der Waals surface area contributed by atoms with Gasteiger partial charge in [0.05, 0.1) is 13.2 Å². The van der Waals surface area contributed by atoms with Crippen LogP contribution >= 0.6 is 0 Å². The van der Waals surface area contributed by atoms with Crippen LogP contribution in [0.3, 0.4) is 0 Å². The second-order valence-electron chi connectivity index (χ2n) is 7.68. The zero-order chi connectivity index (χ0) is 19.4. The van der Waals surface area contributed by atoms with Gasteiger partial charge in [0.2, 0.25) is 5.67 Å². The third-order valence-electron chi connectivity index (χ3n) is 5.36. The molecule has 1 aromatic carbocycles. The normalized spacial score (nSPS) is 25.3. The van der Waals surface area contributed by atoms with Crippen molar-refractivity contribution in [2.24, 2.45) is 5.92 Å². The molecule has 2 atom stereocenters. The summed E-state index contributed by atoms with van der Waals surface area (Å²) in [6, 6.07) is 7.41. The molecule has 1 aromatic rings. The molecule has 2 aliphatic rings. The molecule has 148 valence electrons. The van der Waals surface area contributed by atoms with Crippen LogP contribution in [0.2, 0.25) is 0 Å². The maximum atomic E-state index is 14.7. The van der Waals surface area contributed by atoms with E-state index in [0.29, 0.717) is 31.8 Å². The maximum Gasteiger partial charge on any atom is 0.262 e. The number of ether oxygens (including phenoxy) is 1. The molecule has 0 bridgehead atoms. The van der Waals surface area contributed by atoms with Gasteiger partial charge in [0.15, 0.2) is 0 Å². The lowest BCUT2D eigenvalue weighted by Crippen LogP contribution is -2.51. The standard InChI is InChI=1S/C20H28FN3O3/c1-23(2)17-7-5-16(6-8-17)18(25)22-12-15-4-3-10-24(13-15)19(26)20(21)9-11-27-14-20/h5-8,15H,3-4,9-14H2,1-2H3,(H,22,25). The van der Waals surface area contributed by atoms with Crippen LogP contribution in [0.25, 0.3) is 0 Å². The molecule has 0 radical (unpaired) electrons. The van der Waals surface area contributed by atoms with Crippen LogP contribution in [-0.2, 0) is 9.53 Å². The predicted octanol–water partition coefficient (Wildman–Crippen LogP) is 1.85. The summed E-state index contributed by atoms with van der Waals surface area (Å²) in [5.74, 6) is -0.455. The fourth-order valence-electron chi connectivity index (χ4n) is 3.66. The first kappa shape index (κ1) is 19.6. The molecule has 27 heavy (non-hydrogen) atoms. The maximum absolute atomic E-state index is 14.7. The van der Waals surface area contributed by atoms with Crippen molar-refractivity contribution in [3.05, 3.63) is 29.8 Å². The molecular weight excluding hydrogens is 349 g/mol. The number of nitrogens with one attached hydrogen (secondary N) is 1. The summed E-state index contributed by atoms with van der Waals surface area (Å²) in [7, 11) is 3.90. The van der Waals surface area contributed by atoms with Gasteiger partial charge in [-0.2, -0.15) is 0 Å². The smallest absolute Gasteiger partial charge is 0.262 e. The van der Waals surface area contributed by atoms with Crippen molar-refractivity contribution in [1.82, 2.24) is 10.2 Å². The van der Waals surface area contributed by atoms with E-state index in [2.05, 4.69) is 5.32 Å². The minimum absolute atomic E-state index is 0.130. The Labute approximate surface area is 159 Å². The molecule has 1 N–H and O–H groups in total. The fourth-order valence-corrected chi connectivity index (χ4v) is 3.66. The molecule has 7 heteroatoms. The summed E-state index contributed by atoms with van der Waals surface area (Å²) in [6.07, 6.45) is 1.87. The van der Waals surface area contributed by atoms with Crippen LogP contribution in [0, 0.1) is 5.92 Å². The minimum atomic E-state index is -1.88. The lowest BCUT2D eigenvalue weighted by molar-refractivity contribution is -0.145. The number of anilines is 1. The van der Waals surface area contributed by atoms with Gasteiger partial charge in [0.1, 0.15) is 0 Å². The summed E-state index contributed by atoms with van der Waals surface area (Å²) in [5.41, 5.74) is -0.238. The number of nitrogens with zero attached hydrogens (tertiary/aromatic N) is 2. The van der Waals surface area contributed by atoms with E-state index in [4.69, 9.17) is 4.74 Å². The summed E-state index contributed by atoms with van der Waals surface area (Å²) in [4.78, 5) is 28.4. The van der Waals surface area contributed by atoms with Crippen molar-refractivity contribution in [1.29, 1.82) is 0 Å². The topological polar surface area (TPSA) is 61.9 Å². The van der Waals surface area contributed by atoms with Gasteiger partial charge in [0, 0.05) is 51.4 Å². The molecule has 3 rings (SSSR count). The van der Waals surface area contributed by atoms with Gasteiger partial charge in [-0.1, -0.05) is 0 Å². The Morgan fingerprint density at radius 2 is 2.07 bits per heavy atom. The summed E-state index contributed by atoms with van der Waals surface area (Å²) >= 11 is 0. The molecule has 0 aromatic heterocycles. The highest BCUT2D eigenvalue weighted by Gasteiger charge is 2.45. The number of hydrogen-bond donors (Lipinski definition) is 1. The van der Waals surface area contributed by atoms with Gasteiger partial charge in [-0.25, -0.2) is 4.39 Å². The number of rotatable bonds is 5. The second-order valence-corrected chi connectivity index (χ2v) is 7.68. The molecule has 2 heterocycles. The van der Waals surface area contributed by atoms with Gasteiger partial charge in [0.25, 0.3) is 11.8 Å². The Hall–Kier alpha value is -2.15. The Morgan fingerprint density at radius 1 is 1.33 bits per heavy atom. The highest BCUT2D eigenvalue weighted by molar-refractivity contribution is 5.94. The largest absolute Gasteiger partial charge is 0.378 e. The van der Waals surface area contributed by atoms with E-state index in [0.717, 1.165) is 18.5 Å². The van der Waals surface area contributed by atoms with E-state index in [9.17, 15) is 14.0 Å². The lowest BCUT2D eigenvalue weighted by atomic mass is 9.95. The molecule has 2 unspecified atom stereocenters. The average molecular weight is 377 g/mol. The van der Waals surface area contributed by atoms with Gasteiger partial charge in [-0.15, -0.1) is 0 Å². The van der Waals surface area contributed by atoms with E-state index in [1.54, 1.807) is 17.0 Å². The van der Waals surface area contributed by atoms with Crippen molar-refractivity contribution >= 4 is 17.5 Å². The first-order valence-electron chi connectivity index (χ1n) is 9.51. The summed E-state index contributed by atoms with van der Waals surface area (Å²) < 4.78 is 19.7. The fraction of sp³-hybridized carbons (Fsp3) is 0.600. The number of alkyl halides is 1. The van der Waals surface area contributed by atoms with E-state index in [1.807, 2.05) is 31.1 Å². The molecule has 2 aliphatic heterocycles. The Morgan fingerprint density at radius 3 is 2.70 bits per heavy atom. The summed E-state index contributed by atoms with van der Waals surface area (Å²) in [6.45, 7) is 1.67. The molecule has 0 aliphatic carbocycles. The zero-order valence-electron chi connectivity index (χ0n) is 16.0. The van der Waals surface area contributed by atoms with Gasteiger partial charge < -0.3 is 19.9 Å². The molecule has 2 amide bonds. The van der Waals surface area contributed by atoms with Gasteiger partial charge >= 0.3 is 0 Å². The van der Waals surface area contributed by atoms with Gasteiger partial charge in [-0.05, 0) is 43.0 Å². The monoisotopic (exact) mass is 377 g/mol. The van der Waals surface area contributed by atoms with Crippen molar-refractivity contribution < 1.29 is 18.7 Å². The Balaban J connectivity index is 1.51. The average Bonchev–Trinajstić information content (AvgIpc) is 3.13. The van der Waals surface area contributed by atoms with E-state index < -0.39 is 11.6 Å². The van der Waals surface area contributed by atoms with Crippen LogP contribution < -0.4 is 10.2 Å². The molecule has 0 spiro atoms. The number of likely N-dealkylation sites (tertiary alicyclic amines) is 1. The molecular formula is C20H28FN3O3. The van der Waals surface area contributed by atoms with E-state index >= 15 is 0 Å². The third-order valence-corrected chi connectivity index (χ3v) is 5.36. The predicted molar refractivity (Wildman–Crippen MR) is 102 cm³/mol. The number of halogens is 1. The van der Waals surface area contributed by atoms with Crippen molar-refractivity contribution in [2.75, 3.05) is 51.8 Å². The van der Waals surface area contributed by atoms with Crippen LogP contribution in [-0.4, -0.2) is 69.3 Å². The van der Waals surface area contributed by atoms with Gasteiger partial charge in [-0.3, -0.25) is 9.59 Å². The van der Waals surface area contributed by atoms with Crippen LogP contribution in [0.5, 0.6) is 0 Å². The third kappa shape index (κ3) is 4.58. The molecule has 2 saturated heterocycles. The van der Waals surface area contributed by atoms with E-state index in [-0.39, 0.29) is 24.9 Å². The first-order chi connectivity index (χ1) is 12.9. The number of benzene rings is 1. The zero-order valence-corrected chi connectivity index (χ0v) is 16.0. The van der Waals surface area contributed by atoms with Crippen molar-refractivity contribution in [2.45, 2.75) is 24.9 Å². The van der Waals surface area contributed by atoms with Crippen LogP contribution in [0.4, 0.5) is 10.1 Å². The number of carbonyl (C=O) groups excluding carboxylic acids is 2. The Kier molecular flexibility index (Phi) is 5.99. The molecule has 6 nitrogen and oxygen atoms in total. The highest BCUT2D eigenvalue weighted by Crippen LogP contribution is 2.28. The van der Waals surface area contributed by atoms with Crippen molar-refractivity contribution in [3.8, 4) is 0 Å². The molecule has 2 fully saturated rings. The number of hydrogen-bond acceptors (Lipinski definition) is 4. The Bertz CT molecular complexity index is 672. The van der Waals surface area contributed by atoms with E-state index in [1.165, 1.54) is 0 Å². The highest BCUT2D eigenvalue weighted by atomic mass is 19.1. The summed E-state index contributed by atoms with van der Waals surface area (Å²) in [5, 5.41) is 2.95.